The summed E-state index contributed by atoms with van der Waals surface area (Å²) in [5, 5.41) is 9.23. The lowest BCUT2D eigenvalue weighted by Crippen LogP contribution is -2.21. The van der Waals surface area contributed by atoms with Gasteiger partial charge in [0, 0.05) is 18.3 Å². The molecule has 1 aliphatic rings. The lowest BCUT2D eigenvalue weighted by molar-refractivity contribution is -0.139. The Labute approximate surface area is 124 Å². The number of halogens is 3. The first-order valence-electron chi connectivity index (χ1n) is 6.84. The molecule has 0 aliphatic carbocycles. The second kappa shape index (κ2) is 5.15. The summed E-state index contributed by atoms with van der Waals surface area (Å²) in [6.45, 7) is 0.560. The molecular weight excluding hydrogens is 297 g/mol. The largest absolute Gasteiger partial charge is 0.481 e. The normalized spacial score (nSPS) is 18.0. The lowest BCUT2D eigenvalue weighted by atomic mass is 9.96. The molecule has 1 aromatic carbocycles. The molecular formula is C15H13F3N2O2. The maximum atomic E-state index is 12.8. The minimum Gasteiger partial charge on any atom is -0.481 e. The number of fused-ring (bicyclic) bond motifs is 1. The second-order valence-electron chi connectivity index (χ2n) is 5.27. The van der Waals surface area contributed by atoms with Gasteiger partial charge in [-0.15, -0.1) is 0 Å². The SMILES string of the molecule is O=C(O)C1CCCn2c1cnc2-c1cccc(C(F)(F)F)c1. The van der Waals surface area contributed by atoms with Gasteiger partial charge >= 0.3 is 12.1 Å². The van der Waals surface area contributed by atoms with Crippen molar-refractivity contribution >= 4 is 5.97 Å². The van der Waals surface area contributed by atoms with Crippen LogP contribution in [-0.2, 0) is 17.5 Å². The molecule has 7 heteroatoms. The first-order chi connectivity index (χ1) is 10.4. The molecule has 2 aromatic rings. The van der Waals surface area contributed by atoms with Crippen LogP contribution in [0.3, 0.4) is 0 Å². The summed E-state index contributed by atoms with van der Waals surface area (Å²) in [6.07, 6.45) is -1.79. The number of aliphatic carboxylic acids is 1. The first kappa shape index (κ1) is 14.6. The fourth-order valence-corrected chi connectivity index (χ4v) is 2.82. The molecule has 0 bridgehead atoms. The number of benzene rings is 1. The van der Waals surface area contributed by atoms with Gasteiger partial charge in [0.05, 0.1) is 17.2 Å². The van der Waals surface area contributed by atoms with E-state index in [1.54, 1.807) is 10.6 Å². The Morgan fingerprint density at radius 3 is 2.82 bits per heavy atom. The summed E-state index contributed by atoms with van der Waals surface area (Å²) in [7, 11) is 0. The van der Waals surface area contributed by atoms with Gasteiger partial charge in [-0.05, 0) is 25.0 Å². The van der Waals surface area contributed by atoms with E-state index < -0.39 is 23.6 Å². The van der Waals surface area contributed by atoms with Gasteiger partial charge in [-0.1, -0.05) is 12.1 Å². The van der Waals surface area contributed by atoms with Gasteiger partial charge in [0.25, 0.3) is 0 Å². The van der Waals surface area contributed by atoms with Gasteiger partial charge in [0.2, 0.25) is 0 Å². The maximum Gasteiger partial charge on any atom is 0.416 e. The zero-order valence-electron chi connectivity index (χ0n) is 11.5. The number of hydrogen-bond acceptors (Lipinski definition) is 2. The quantitative estimate of drug-likeness (QED) is 0.923. The minimum atomic E-state index is -4.42. The van der Waals surface area contributed by atoms with Crippen LogP contribution in [0.4, 0.5) is 13.2 Å². The first-order valence-corrected chi connectivity index (χ1v) is 6.84. The predicted octanol–water partition coefficient (Wildman–Crippen LogP) is 3.53. The highest BCUT2D eigenvalue weighted by atomic mass is 19.4. The summed E-state index contributed by atoms with van der Waals surface area (Å²) in [5.74, 6) is -1.20. The van der Waals surface area contributed by atoms with Crippen LogP contribution in [0.5, 0.6) is 0 Å². The molecule has 2 heterocycles. The molecule has 1 atom stereocenters. The summed E-state index contributed by atoms with van der Waals surface area (Å²) in [5.41, 5.74) is 0.145. The van der Waals surface area contributed by atoms with Crippen molar-refractivity contribution in [1.82, 2.24) is 9.55 Å². The summed E-state index contributed by atoms with van der Waals surface area (Å²) < 4.78 is 40.1. The number of alkyl halides is 3. The molecule has 1 aromatic heterocycles. The van der Waals surface area contributed by atoms with Crippen molar-refractivity contribution < 1.29 is 23.1 Å². The van der Waals surface area contributed by atoms with Gasteiger partial charge in [0.1, 0.15) is 5.82 Å². The Bertz CT molecular complexity index is 722. The van der Waals surface area contributed by atoms with Crippen molar-refractivity contribution in [2.24, 2.45) is 0 Å². The summed E-state index contributed by atoms with van der Waals surface area (Å²) in [6, 6.07) is 4.93. The molecule has 1 aliphatic heterocycles. The highest BCUT2D eigenvalue weighted by molar-refractivity contribution is 5.76. The number of carboxylic acids is 1. The number of nitrogens with zero attached hydrogens (tertiary/aromatic N) is 2. The predicted molar refractivity (Wildman–Crippen MR) is 72.3 cm³/mol. The Hall–Kier alpha value is -2.31. The lowest BCUT2D eigenvalue weighted by Gasteiger charge is -2.22. The van der Waals surface area contributed by atoms with Crippen LogP contribution < -0.4 is 0 Å². The van der Waals surface area contributed by atoms with E-state index in [1.165, 1.54) is 12.3 Å². The van der Waals surface area contributed by atoms with Gasteiger partial charge in [-0.2, -0.15) is 13.2 Å². The fraction of sp³-hybridized carbons (Fsp3) is 0.333. The Balaban J connectivity index is 2.06. The molecule has 0 fully saturated rings. The van der Waals surface area contributed by atoms with Crippen molar-refractivity contribution in [3.8, 4) is 11.4 Å². The van der Waals surface area contributed by atoms with Crippen LogP contribution >= 0.6 is 0 Å². The van der Waals surface area contributed by atoms with Gasteiger partial charge in [-0.25, -0.2) is 4.98 Å². The van der Waals surface area contributed by atoms with E-state index in [0.29, 0.717) is 36.5 Å². The standard InChI is InChI=1S/C15H13F3N2O2/c16-15(17,18)10-4-1-3-9(7-10)13-19-8-12-11(14(21)22)5-2-6-20(12)13/h1,3-4,7-8,11H,2,5-6H2,(H,21,22). The average Bonchev–Trinajstić information content (AvgIpc) is 2.90. The third-order valence-electron chi connectivity index (χ3n) is 3.86. The maximum absolute atomic E-state index is 12.8. The Kier molecular flexibility index (Phi) is 3.42. The molecule has 116 valence electrons. The van der Waals surface area contributed by atoms with E-state index in [-0.39, 0.29) is 0 Å². The zero-order chi connectivity index (χ0) is 15.9. The molecule has 0 radical (unpaired) electrons. The van der Waals surface area contributed by atoms with Crippen LogP contribution in [-0.4, -0.2) is 20.6 Å². The Morgan fingerprint density at radius 2 is 2.14 bits per heavy atom. The molecule has 0 amide bonds. The van der Waals surface area contributed by atoms with Crippen molar-refractivity contribution in [2.75, 3.05) is 0 Å². The van der Waals surface area contributed by atoms with E-state index >= 15 is 0 Å². The van der Waals surface area contributed by atoms with Crippen LogP contribution in [0.2, 0.25) is 0 Å². The molecule has 1 unspecified atom stereocenters. The van der Waals surface area contributed by atoms with E-state index in [1.807, 2.05) is 0 Å². The van der Waals surface area contributed by atoms with Crippen LogP contribution in [0.15, 0.2) is 30.5 Å². The average molecular weight is 310 g/mol. The van der Waals surface area contributed by atoms with Gasteiger partial charge in [-0.3, -0.25) is 4.79 Å². The summed E-state index contributed by atoms with van der Waals surface area (Å²) in [4.78, 5) is 15.4. The van der Waals surface area contributed by atoms with Gasteiger partial charge in [0.15, 0.2) is 0 Å². The molecule has 1 N–H and O–H groups in total. The second-order valence-corrected chi connectivity index (χ2v) is 5.27. The summed E-state index contributed by atoms with van der Waals surface area (Å²) >= 11 is 0. The molecule has 22 heavy (non-hydrogen) atoms. The molecule has 0 saturated heterocycles. The number of carbonyl (C=O) groups is 1. The molecule has 3 rings (SSSR count). The van der Waals surface area contributed by atoms with Crippen molar-refractivity contribution in [1.29, 1.82) is 0 Å². The number of imidazole rings is 1. The molecule has 0 saturated carbocycles. The van der Waals surface area contributed by atoms with Crippen LogP contribution in [0.25, 0.3) is 11.4 Å². The van der Waals surface area contributed by atoms with Crippen molar-refractivity contribution in [3.63, 3.8) is 0 Å². The fourth-order valence-electron chi connectivity index (χ4n) is 2.82. The molecule has 0 spiro atoms. The highest BCUT2D eigenvalue weighted by Crippen LogP contribution is 2.35. The van der Waals surface area contributed by atoms with Crippen LogP contribution in [0, 0.1) is 0 Å². The topological polar surface area (TPSA) is 55.1 Å². The van der Waals surface area contributed by atoms with E-state index in [9.17, 15) is 23.1 Å². The van der Waals surface area contributed by atoms with E-state index in [4.69, 9.17) is 0 Å². The Morgan fingerprint density at radius 1 is 1.36 bits per heavy atom. The van der Waals surface area contributed by atoms with Gasteiger partial charge < -0.3 is 9.67 Å². The van der Waals surface area contributed by atoms with E-state index in [0.717, 1.165) is 12.1 Å². The number of hydrogen-bond donors (Lipinski definition) is 1. The van der Waals surface area contributed by atoms with Crippen LogP contribution in [0.1, 0.15) is 30.0 Å². The third kappa shape index (κ3) is 2.47. The third-order valence-corrected chi connectivity index (χ3v) is 3.86. The number of aromatic nitrogens is 2. The molecule has 4 nitrogen and oxygen atoms in total. The van der Waals surface area contributed by atoms with Crippen molar-refractivity contribution in [2.45, 2.75) is 31.5 Å². The number of carboxylic acid groups (broad SMARTS) is 1. The number of rotatable bonds is 2. The minimum absolute atomic E-state index is 0.340. The van der Waals surface area contributed by atoms with Crippen molar-refractivity contribution in [3.05, 3.63) is 41.7 Å². The highest BCUT2D eigenvalue weighted by Gasteiger charge is 2.32. The smallest absolute Gasteiger partial charge is 0.416 e. The zero-order valence-corrected chi connectivity index (χ0v) is 11.5. The monoisotopic (exact) mass is 310 g/mol. The van der Waals surface area contributed by atoms with E-state index in [2.05, 4.69) is 4.98 Å².